The highest BCUT2D eigenvalue weighted by atomic mass is 32.2. The minimum atomic E-state index is -0.760. The van der Waals surface area contributed by atoms with Gasteiger partial charge in [0.25, 0.3) is 0 Å². The Hall–Kier alpha value is -0.100. The lowest BCUT2D eigenvalue weighted by molar-refractivity contribution is 0.0608. The van der Waals surface area contributed by atoms with Crippen LogP contribution in [0.15, 0.2) is 15.9 Å². The van der Waals surface area contributed by atoms with E-state index in [0.717, 1.165) is 4.34 Å². The molecule has 2 unspecified atom stereocenters. The standard InChI is InChI=1S/C9H16N2OS2/c1-7(5-9(2,12)6-10)14-8-11-3-4-13-8/h3-4,7,12H,5-6,10H2,1-2H3. The van der Waals surface area contributed by atoms with Crippen molar-refractivity contribution in [2.24, 2.45) is 5.73 Å². The van der Waals surface area contributed by atoms with Crippen molar-refractivity contribution < 1.29 is 5.11 Å². The van der Waals surface area contributed by atoms with Crippen LogP contribution in [-0.2, 0) is 0 Å². The Morgan fingerprint density at radius 3 is 3.00 bits per heavy atom. The maximum Gasteiger partial charge on any atom is 0.150 e. The first-order valence-corrected chi connectivity index (χ1v) is 6.28. The van der Waals surface area contributed by atoms with Gasteiger partial charge in [-0.3, -0.25) is 0 Å². The molecule has 0 saturated carbocycles. The number of aliphatic hydroxyl groups is 1. The molecule has 80 valence electrons. The van der Waals surface area contributed by atoms with Crippen LogP contribution in [0.5, 0.6) is 0 Å². The summed E-state index contributed by atoms with van der Waals surface area (Å²) in [6.45, 7) is 4.15. The molecule has 1 heterocycles. The van der Waals surface area contributed by atoms with E-state index >= 15 is 0 Å². The Labute approximate surface area is 92.7 Å². The number of hydrogen-bond acceptors (Lipinski definition) is 5. The van der Waals surface area contributed by atoms with Crippen molar-refractivity contribution in [2.75, 3.05) is 6.54 Å². The predicted molar refractivity (Wildman–Crippen MR) is 61.7 cm³/mol. The van der Waals surface area contributed by atoms with Crippen LogP contribution >= 0.6 is 23.1 Å². The van der Waals surface area contributed by atoms with E-state index in [-0.39, 0.29) is 0 Å². The van der Waals surface area contributed by atoms with Gasteiger partial charge in [-0.1, -0.05) is 18.7 Å². The molecule has 1 aromatic rings. The van der Waals surface area contributed by atoms with Crippen LogP contribution < -0.4 is 5.73 Å². The lowest BCUT2D eigenvalue weighted by Gasteiger charge is -2.24. The molecule has 0 bridgehead atoms. The van der Waals surface area contributed by atoms with Crippen LogP contribution in [-0.4, -0.2) is 27.5 Å². The van der Waals surface area contributed by atoms with E-state index in [2.05, 4.69) is 11.9 Å². The third-order valence-electron chi connectivity index (χ3n) is 1.88. The van der Waals surface area contributed by atoms with Crippen LogP contribution in [0.4, 0.5) is 0 Å². The molecule has 0 saturated heterocycles. The van der Waals surface area contributed by atoms with Gasteiger partial charge in [0.15, 0.2) is 0 Å². The largest absolute Gasteiger partial charge is 0.389 e. The normalized spacial score (nSPS) is 17.7. The SMILES string of the molecule is CC(CC(C)(O)CN)Sc1nccs1. The number of hydrogen-bond donors (Lipinski definition) is 2. The van der Waals surface area contributed by atoms with Crippen molar-refractivity contribution >= 4 is 23.1 Å². The van der Waals surface area contributed by atoms with Crippen LogP contribution in [0.2, 0.25) is 0 Å². The third kappa shape index (κ3) is 3.96. The van der Waals surface area contributed by atoms with Crippen molar-refractivity contribution in [3.63, 3.8) is 0 Å². The fourth-order valence-corrected chi connectivity index (χ4v) is 3.33. The number of thioether (sulfide) groups is 1. The number of thiazole rings is 1. The highest BCUT2D eigenvalue weighted by Gasteiger charge is 2.22. The molecule has 3 nitrogen and oxygen atoms in total. The summed E-state index contributed by atoms with van der Waals surface area (Å²) >= 11 is 3.31. The summed E-state index contributed by atoms with van der Waals surface area (Å²) in [4.78, 5) is 4.18. The smallest absolute Gasteiger partial charge is 0.150 e. The van der Waals surface area contributed by atoms with E-state index in [4.69, 9.17) is 5.73 Å². The van der Waals surface area contributed by atoms with Gasteiger partial charge in [-0.05, 0) is 13.3 Å². The van der Waals surface area contributed by atoms with Crippen LogP contribution in [0.1, 0.15) is 20.3 Å². The topological polar surface area (TPSA) is 59.1 Å². The monoisotopic (exact) mass is 232 g/mol. The summed E-state index contributed by atoms with van der Waals surface area (Å²) < 4.78 is 1.05. The first-order chi connectivity index (χ1) is 6.53. The average Bonchev–Trinajstić information content (AvgIpc) is 2.55. The lowest BCUT2D eigenvalue weighted by atomic mass is 10.0. The Bertz CT molecular complexity index is 262. The van der Waals surface area contributed by atoms with Crippen LogP contribution in [0.3, 0.4) is 0 Å². The summed E-state index contributed by atoms with van der Waals surface area (Å²) in [6, 6.07) is 0. The van der Waals surface area contributed by atoms with E-state index < -0.39 is 5.60 Å². The van der Waals surface area contributed by atoms with E-state index in [1.807, 2.05) is 5.38 Å². The minimum absolute atomic E-state index is 0.301. The van der Waals surface area contributed by atoms with Gasteiger partial charge in [-0.25, -0.2) is 4.98 Å². The molecule has 5 heteroatoms. The fraction of sp³-hybridized carbons (Fsp3) is 0.667. The van der Waals surface area contributed by atoms with Crippen molar-refractivity contribution in [2.45, 2.75) is 35.5 Å². The molecule has 0 amide bonds. The Morgan fingerprint density at radius 2 is 2.50 bits per heavy atom. The maximum absolute atomic E-state index is 9.77. The molecule has 0 aliphatic rings. The van der Waals surface area contributed by atoms with E-state index in [1.54, 1.807) is 36.2 Å². The second-order valence-corrected chi connectivity index (χ2v) is 6.21. The number of aromatic nitrogens is 1. The fourth-order valence-electron chi connectivity index (χ4n) is 1.18. The number of nitrogens with zero attached hydrogens (tertiary/aromatic N) is 1. The van der Waals surface area contributed by atoms with Gasteiger partial charge in [0.05, 0.1) is 5.60 Å². The molecule has 3 N–H and O–H groups in total. The van der Waals surface area contributed by atoms with Gasteiger partial charge in [0, 0.05) is 23.4 Å². The molecule has 0 spiro atoms. The number of rotatable bonds is 5. The molecule has 1 rings (SSSR count). The van der Waals surface area contributed by atoms with Crippen molar-refractivity contribution in [3.8, 4) is 0 Å². The summed E-state index contributed by atoms with van der Waals surface area (Å²) in [5.41, 5.74) is 4.70. The molecular formula is C9H16N2OS2. The van der Waals surface area contributed by atoms with Gasteiger partial charge in [0.1, 0.15) is 4.34 Å². The first-order valence-electron chi connectivity index (χ1n) is 4.52. The second kappa shape index (κ2) is 5.11. The Kier molecular flexibility index (Phi) is 4.37. The van der Waals surface area contributed by atoms with Crippen LogP contribution in [0, 0.1) is 0 Å². The molecule has 0 fully saturated rings. The van der Waals surface area contributed by atoms with E-state index in [9.17, 15) is 5.11 Å². The molecule has 0 aliphatic carbocycles. The maximum atomic E-state index is 9.77. The van der Waals surface area contributed by atoms with Crippen molar-refractivity contribution in [3.05, 3.63) is 11.6 Å². The minimum Gasteiger partial charge on any atom is -0.389 e. The van der Waals surface area contributed by atoms with E-state index in [1.165, 1.54) is 0 Å². The summed E-state index contributed by atoms with van der Waals surface area (Å²) in [5, 5.41) is 12.1. The highest BCUT2D eigenvalue weighted by molar-refractivity contribution is 8.01. The molecule has 1 aromatic heterocycles. The quantitative estimate of drug-likeness (QED) is 0.759. The second-order valence-electron chi connectivity index (χ2n) is 3.63. The summed E-state index contributed by atoms with van der Waals surface area (Å²) in [6.07, 6.45) is 2.48. The van der Waals surface area contributed by atoms with Gasteiger partial charge in [-0.15, -0.1) is 11.3 Å². The zero-order valence-electron chi connectivity index (χ0n) is 8.43. The first kappa shape index (κ1) is 12.0. The van der Waals surface area contributed by atoms with Crippen molar-refractivity contribution in [1.29, 1.82) is 0 Å². The Morgan fingerprint density at radius 1 is 1.79 bits per heavy atom. The van der Waals surface area contributed by atoms with Gasteiger partial charge in [0.2, 0.25) is 0 Å². The summed E-state index contributed by atoms with van der Waals surface area (Å²) in [5.74, 6) is 0. The number of nitrogens with two attached hydrogens (primary N) is 1. The molecule has 2 atom stereocenters. The van der Waals surface area contributed by atoms with Crippen molar-refractivity contribution in [1.82, 2.24) is 4.98 Å². The van der Waals surface area contributed by atoms with Gasteiger partial charge >= 0.3 is 0 Å². The molecule has 0 radical (unpaired) electrons. The van der Waals surface area contributed by atoms with E-state index in [0.29, 0.717) is 18.2 Å². The highest BCUT2D eigenvalue weighted by Crippen LogP contribution is 2.29. The predicted octanol–water partition coefficient (Wildman–Crippen LogP) is 1.72. The summed E-state index contributed by atoms with van der Waals surface area (Å²) in [7, 11) is 0. The van der Waals surface area contributed by atoms with Gasteiger partial charge in [-0.2, -0.15) is 0 Å². The zero-order chi connectivity index (χ0) is 10.6. The Balaban J connectivity index is 2.40. The third-order valence-corrected chi connectivity index (χ3v) is 3.90. The zero-order valence-corrected chi connectivity index (χ0v) is 10.1. The average molecular weight is 232 g/mol. The van der Waals surface area contributed by atoms with Gasteiger partial charge < -0.3 is 10.8 Å². The molecule has 0 aromatic carbocycles. The molecule has 0 aliphatic heterocycles. The molecule has 14 heavy (non-hydrogen) atoms. The molecular weight excluding hydrogens is 216 g/mol. The lowest BCUT2D eigenvalue weighted by Crippen LogP contribution is -2.36. The van der Waals surface area contributed by atoms with Crippen LogP contribution in [0.25, 0.3) is 0 Å².